The zero-order valence-electron chi connectivity index (χ0n) is 18.2. The molecule has 34 heavy (non-hydrogen) atoms. The highest BCUT2D eigenvalue weighted by Crippen LogP contribution is 2.32. The second kappa shape index (κ2) is 9.86. The summed E-state index contributed by atoms with van der Waals surface area (Å²) in [7, 11) is 1.53. The Balaban J connectivity index is 1.56. The number of ether oxygens (including phenoxy) is 1. The minimum absolute atomic E-state index is 0.0548. The van der Waals surface area contributed by atoms with E-state index in [0.717, 1.165) is 14.0 Å². The van der Waals surface area contributed by atoms with E-state index in [1.807, 2.05) is 31.2 Å². The predicted octanol–water partition coefficient (Wildman–Crippen LogP) is 5.30. The van der Waals surface area contributed by atoms with Crippen molar-refractivity contribution in [1.29, 1.82) is 0 Å². The van der Waals surface area contributed by atoms with Crippen molar-refractivity contribution >= 4 is 69.0 Å². The highest BCUT2D eigenvalue weighted by Gasteiger charge is 2.39. The molecule has 4 rings (SSSR count). The Bertz CT molecular complexity index is 1320. The summed E-state index contributed by atoms with van der Waals surface area (Å²) in [5, 5.41) is 5.57. The third-order valence-electron chi connectivity index (χ3n) is 5.22. The average Bonchev–Trinajstić information content (AvgIpc) is 3.05. The third kappa shape index (κ3) is 4.78. The van der Waals surface area contributed by atoms with Crippen LogP contribution in [0.2, 0.25) is 0 Å². The van der Waals surface area contributed by atoms with Crippen molar-refractivity contribution in [3.63, 3.8) is 0 Å². The number of anilines is 3. The average molecular weight is 588 g/mol. The zero-order chi connectivity index (χ0) is 24.4. The van der Waals surface area contributed by atoms with Gasteiger partial charge in [0.25, 0.3) is 17.7 Å². The lowest BCUT2D eigenvalue weighted by atomic mass is 10.1. The van der Waals surface area contributed by atoms with Crippen LogP contribution in [0.5, 0.6) is 5.75 Å². The SMILES string of the molecule is COc1ccc(N2C(=O)C(Cl)=C(Nc3cc(C(=O)Nc4ccc(I)cc4)ccc3C)C2=O)cc1. The highest BCUT2D eigenvalue weighted by atomic mass is 127. The van der Waals surface area contributed by atoms with Crippen molar-refractivity contribution in [2.24, 2.45) is 0 Å². The molecule has 0 radical (unpaired) electrons. The molecule has 2 N–H and O–H groups in total. The largest absolute Gasteiger partial charge is 0.497 e. The Labute approximate surface area is 214 Å². The van der Waals surface area contributed by atoms with Gasteiger partial charge in [-0.2, -0.15) is 0 Å². The number of hydrogen-bond acceptors (Lipinski definition) is 5. The second-order valence-corrected chi connectivity index (χ2v) is 9.07. The van der Waals surface area contributed by atoms with Gasteiger partial charge in [0.2, 0.25) is 0 Å². The molecule has 9 heteroatoms. The number of rotatable bonds is 6. The van der Waals surface area contributed by atoms with Crippen LogP contribution >= 0.6 is 34.2 Å². The van der Waals surface area contributed by atoms with E-state index in [1.54, 1.807) is 42.5 Å². The highest BCUT2D eigenvalue weighted by molar-refractivity contribution is 14.1. The molecule has 7 nitrogen and oxygen atoms in total. The van der Waals surface area contributed by atoms with Gasteiger partial charge in [-0.1, -0.05) is 17.7 Å². The molecule has 0 spiro atoms. The van der Waals surface area contributed by atoms with Gasteiger partial charge in [-0.3, -0.25) is 14.4 Å². The summed E-state index contributed by atoms with van der Waals surface area (Å²) >= 11 is 8.44. The number of imide groups is 1. The minimum Gasteiger partial charge on any atom is -0.497 e. The number of methoxy groups -OCH3 is 1. The number of halogens is 2. The van der Waals surface area contributed by atoms with Gasteiger partial charge in [-0.05, 0) is 95.7 Å². The normalized spacial score (nSPS) is 13.4. The van der Waals surface area contributed by atoms with Crippen LogP contribution in [0, 0.1) is 10.5 Å². The molecule has 3 amide bonds. The molecule has 172 valence electrons. The van der Waals surface area contributed by atoms with Gasteiger partial charge in [-0.15, -0.1) is 0 Å². The van der Waals surface area contributed by atoms with Crippen molar-refractivity contribution in [2.75, 3.05) is 22.6 Å². The van der Waals surface area contributed by atoms with Crippen molar-refractivity contribution < 1.29 is 19.1 Å². The first-order chi connectivity index (χ1) is 16.3. The Morgan fingerprint density at radius 1 is 0.971 bits per heavy atom. The maximum absolute atomic E-state index is 13.1. The number of aryl methyl sites for hydroxylation is 1. The summed E-state index contributed by atoms with van der Waals surface area (Å²) in [6.07, 6.45) is 0. The van der Waals surface area contributed by atoms with Crippen LogP contribution in [0.4, 0.5) is 17.1 Å². The molecule has 1 aliphatic heterocycles. The van der Waals surface area contributed by atoms with E-state index in [9.17, 15) is 14.4 Å². The Hall–Kier alpha value is -3.37. The molecule has 3 aromatic carbocycles. The molecule has 0 atom stereocenters. The number of amides is 3. The Morgan fingerprint density at radius 2 is 1.65 bits per heavy atom. The summed E-state index contributed by atoms with van der Waals surface area (Å²) in [5.41, 5.74) is 2.62. The fourth-order valence-corrected chi connectivity index (χ4v) is 3.92. The van der Waals surface area contributed by atoms with Crippen molar-refractivity contribution in [1.82, 2.24) is 0 Å². The van der Waals surface area contributed by atoms with Gasteiger partial charge in [0, 0.05) is 20.5 Å². The third-order valence-corrected chi connectivity index (χ3v) is 6.29. The smallest absolute Gasteiger partial charge is 0.283 e. The van der Waals surface area contributed by atoms with Gasteiger partial charge in [-0.25, -0.2) is 4.90 Å². The van der Waals surface area contributed by atoms with E-state index in [0.29, 0.717) is 28.4 Å². The monoisotopic (exact) mass is 587 g/mol. The molecule has 0 aromatic heterocycles. The van der Waals surface area contributed by atoms with Gasteiger partial charge in [0.05, 0.1) is 12.8 Å². The van der Waals surface area contributed by atoms with E-state index in [4.69, 9.17) is 16.3 Å². The van der Waals surface area contributed by atoms with E-state index in [-0.39, 0.29) is 16.6 Å². The first-order valence-electron chi connectivity index (χ1n) is 10.2. The summed E-state index contributed by atoms with van der Waals surface area (Å²) in [6, 6.07) is 19.0. The van der Waals surface area contributed by atoms with Crippen molar-refractivity contribution in [3.8, 4) is 5.75 Å². The van der Waals surface area contributed by atoms with Crippen LogP contribution in [-0.4, -0.2) is 24.8 Å². The predicted molar refractivity (Wildman–Crippen MR) is 140 cm³/mol. The number of nitrogens with zero attached hydrogens (tertiary/aromatic N) is 1. The second-order valence-electron chi connectivity index (χ2n) is 7.45. The number of carbonyl (C=O) groups is 3. The van der Waals surface area contributed by atoms with Crippen molar-refractivity contribution in [2.45, 2.75) is 6.92 Å². The quantitative estimate of drug-likeness (QED) is 0.302. The molecule has 0 unspecified atom stereocenters. The van der Waals surface area contributed by atoms with Crippen LogP contribution in [0.25, 0.3) is 0 Å². The van der Waals surface area contributed by atoms with Gasteiger partial charge < -0.3 is 15.4 Å². The van der Waals surface area contributed by atoms with Gasteiger partial charge in [0.1, 0.15) is 16.5 Å². The Kier molecular flexibility index (Phi) is 6.90. The molecule has 3 aromatic rings. The summed E-state index contributed by atoms with van der Waals surface area (Å²) in [4.78, 5) is 39.6. The molecular weight excluding hydrogens is 569 g/mol. The van der Waals surface area contributed by atoms with Gasteiger partial charge >= 0.3 is 0 Å². The summed E-state index contributed by atoms with van der Waals surface area (Å²) in [6.45, 7) is 1.82. The Morgan fingerprint density at radius 3 is 2.29 bits per heavy atom. The standard InChI is InChI=1S/C25H19ClIN3O4/c1-14-3-4-15(23(31)28-17-7-5-16(27)6-8-17)13-20(14)29-22-21(26)24(32)30(25(22)33)18-9-11-19(34-2)12-10-18/h3-13,29H,1-2H3,(H,28,31). The lowest BCUT2D eigenvalue weighted by Gasteiger charge is -2.16. The number of nitrogens with one attached hydrogen (secondary N) is 2. The number of benzene rings is 3. The maximum atomic E-state index is 13.1. The van der Waals surface area contributed by atoms with E-state index >= 15 is 0 Å². The molecule has 0 aliphatic carbocycles. The molecule has 0 fully saturated rings. The van der Waals surface area contributed by atoms with Crippen molar-refractivity contribution in [3.05, 3.63) is 92.2 Å². The van der Waals surface area contributed by atoms with Crippen LogP contribution in [-0.2, 0) is 9.59 Å². The van der Waals surface area contributed by atoms with E-state index in [1.165, 1.54) is 7.11 Å². The zero-order valence-corrected chi connectivity index (χ0v) is 21.1. The topological polar surface area (TPSA) is 87.7 Å². The van der Waals surface area contributed by atoms with Crippen LogP contribution in [0.1, 0.15) is 15.9 Å². The molecule has 0 saturated carbocycles. The molecule has 0 bridgehead atoms. The number of carbonyl (C=O) groups excluding carboxylic acids is 3. The van der Waals surface area contributed by atoms with Crippen LogP contribution in [0.3, 0.4) is 0 Å². The molecule has 1 heterocycles. The number of hydrogen-bond donors (Lipinski definition) is 2. The first kappa shape index (κ1) is 23.8. The van der Waals surface area contributed by atoms with Gasteiger partial charge in [0.15, 0.2) is 0 Å². The maximum Gasteiger partial charge on any atom is 0.283 e. The van der Waals surface area contributed by atoms with E-state index < -0.39 is 11.8 Å². The molecule has 0 saturated heterocycles. The first-order valence-corrected chi connectivity index (χ1v) is 11.6. The van der Waals surface area contributed by atoms with E-state index in [2.05, 4.69) is 33.2 Å². The van der Waals surface area contributed by atoms with Crippen LogP contribution < -0.4 is 20.3 Å². The summed E-state index contributed by atoms with van der Waals surface area (Å²) < 4.78 is 6.18. The fraction of sp³-hybridized carbons (Fsp3) is 0.0800. The summed E-state index contributed by atoms with van der Waals surface area (Å²) in [5.74, 6) is -0.938. The molecule has 1 aliphatic rings. The lowest BCUT2D eigenvalue weighted by Crippen LogP contribution is -2.32. The van der Waals surface area contributed by atoms with Crippen LogP contribution in [0.15, 0.2) is 77.5 Å². The minimum atomic E-state index is -0.635. The lowest BCUT2D eigenvalue weighted by molar-refractivity contribution is -0.120. The molecular formula is C25H19ClIN3O4. The fourth-order valence-electron chi connectivity index (χ4n) is 3.35.